The van der Waals surface area contributed by atoms with Crippen LogP contribution >= 0.6 is 0 Å². The third kappa shape index (κ3) is 2.38. The number of hydrogen-bond donors (Lipinski definition) is 1. The molecule has 1 N–H and O–H groups in total. The summed E-state index contributed by atoms with van der Waals surface area (Å²) in [6.07, 6.45) is 6.72. The van der Waals surface area contributed by atoms with Crippen LogP contribution in [0, 0.1) is 0 Å². The molecule has 0 spiro atoms. The smallest absolute Gasteiger partial charge is 0.0492 e. The first-order valence-electron chi connectivity index (χ1n) is 7.46. The molecule has 0 radical (unpaired) electrons. The van der Waals surface area contributed by atoms with E-state index in [0.717, 1.165) is 12.8 Å². The van der Waals surface area contributed by atoms with Gasteiger partial charge in [0.1, 0.15) is 0 Å². The summed E-state index contributed by atoms with van der Waals surface area (Å²) in [5.41, 5.74) is 3.16. The van der Waals surface area contributed by atoms with Crippen LogP contribution in [0.15, 0.2) is 42.6 Å². The molecule has 1 heterocycles. The van der Waals surface area contributed by atoms with Crippen molar-refractivity contribution in [2.45, 2.75) is 37.1 Å². The predicted octanol–water partition coefficient (Wildman–Crippen LogP) is 2.67. The number of likely N-dealkylation sites (N-methyl/N-ethyl adjacent to an activating group) is 1. The van der Waals surface area contributed by atoms with Crippen molar-refractivity contribution in [3.63, 3.8) is 0 Å². The Labute approximate surface area is 121 Å². The first-order valence-corrected chi connectivity index (χ1v) is 7.46. The molecule has 1 aliphatic rings. The van der Waals surface area contributed by atoms with Gasteiger partial charge < -0.3 is 5.32 Å². The molecular weight excluding hydrogens is 246 g/mol. The van der Waals surface area contributed by atoms with Crippen LogP contribution in [-0.4, -0.2) is 22.9 Å². The molecule has 0 bridgehead atoms. The van der Waals surface area contributed by atoms with Crippen molar-refractivity contribution in [1.29, 1.82) is 0 Å². The van der Waals surface area contributed by atoms with Gasteiger partial charge in [-0.25, -0.2) is 0 Å². The van der Waals surface area contributed by atoms with E-state index in [2.05, 4.69) is 53.9 Å². The molecule has 1 aromatic carbocycles. The fourth-order valence-electron chi connectivity index (χ4n) is 3.38. The topological polar surface area (TPSA) is 29.9 Å². The minimum atomic E-state index is 0.356. The molecule has 1 aromatic heterocycles. The van der Waals surface area contributed by atoms with Gasteiger partial charge in [-0.05, 0) is 44.4 Å². The lowest BCUT2D eigenvalue weighted by atomic mass is 9.85. The van der Waals surface area contributed by atoms with Crippen LogP contribution < -0.4 is 5.32 Å². The van der Waals surface area contributed by atoms with Crippen LogP contribution in [0.1, 0.15) is 30.5 Å². The quantitative estimate of drug-likeness (QED) is 0.874. The number of aryl methyl sites for hydroxylation is 2. The summed E-state index contributed by atoms with van der Waals surface area (Å²) in [6.45, 7) is 0. The Bertz CT molecular complexity index is 555. The van der Waals surface area contributed by atoms with Gasteiger partial charge >= 0.3 is 0 Å². The van der Waals surface area contributed by atoms with E-state index < -0.39 is 0 Å². The Morgan fingerprint density at radius 1 is 1.25 bits per heavy atom. The molecule has 3 rings (SSSR count). The molecule has 20 heavy (non-hydrogen) atoms. The number of benzene rings is 1. The maximum Gasteiger partial charge on any atom is 0.0492 e. The van der Waals surface area contributed by atoms with Gasteiger partial charge in [0.05, 0.1) is 0 Å². The van der Waals surface area contributed by atoms with Crippen molar-refractivity contribution < 1.29 is 0 Å². The van der Waals surface area contributed by atoms with Crippen LogP contribution in [0.2, 0.25) is 0 Å². The maximum absolute atomic E-state index is 4.25. The van der Waals surface area contributed by atoms with Crippen molar-refractivity contribution in [3.8, 4) is 0 Å². The number of hydrogen-bond acceptors (Lipinski definition) is 2. The van der Waals surface area contributed by atoms with Crippen LogP contribution in [0.5, 0.6) is 0 Å². The summed E-state index contributed by atoms with van der Waals surface area (Å²) in [5.74, 6) is 0. The summed E-state index contributed by atoms with van der Waals surface area (Å²) in [7, 11) is 4.12. The Hall–Kier alpha value is -1.61. The average molecular weight is 269 g/mol. The van der Waals surface area contributed by atoms with Gasteiger partial charge in [0, 0.05) is 30.4 Å². The molecular formula is C17H23N3. The van der Waals surface area contributed by atoms with Gasteiger partial charge in [-0.3, -0.25) is 4.68 Å². The maximum atomic E-state index is 4.25. The van der Waals surface area contributed by atoms with Gasteiger partial charge in [0.15, 0.2) is 0 Å². The van der Waals surface area contributed by atoms with E-state index in [1.807, 2.05) is 17.9 Å². The van der Waals surface area contributed by atoms with E-state index in [4.69, 9.17) is 0 Å². The summed E-state index contributed by atoms with van der Waals surface area (Å²) >= 11 is 0. The number of rotatable bonds is 6. The second-order valence-corrected chi connectivity index (χ2v) is 5.85. The van der Waals surface area contributed by atoms with Crippen molar-refractivity contribution in [2.75, 3.05) is 7.05 Å². The van der Waals surface area contributed by atoms with Gasteiger partial charge in [-0.2, -0.15) is 5.10 Å². The zero-order chi connectivity index (χ0) is 14.0. The molecule has 1 fully saturated rings. The summed E-state index contributed by atoms with van der Waals surface area (Å²) in [5, 5.41) is 7.81. The Kier molecular flexibility index (Phi) is 3.62. The normalized spacial score (nSPS) is 17.9. The van der Waals surface area contributed by atoms with E-state index in [9.17, 15) is 0 Å². The highest BCUT2D eigenvalue weighted by atomic mass is 15.2. The molecule has 1 atom stereocenters. The molecule has 1 aliphatic carbocycles. The minimum absolute atomic E-state index is 0.356. The van der Waals surface area contributed by atoms with E-state index >= 15 is 0 Å². The van der Waals surface area contributed by atoms with Gasteiger partial charge in [-0.15, -0.1) is 0 Å². The van der Waals surface area contributed by atoms with E-state index in [1.165, 1.54) is 24.1 Å². The predicted molar refractivity (Wildman–Crippen MR) is 81.7 cm³/mol. The summed E-state index contributed by atoms with van der Waals surface area (Å²) in [6, 6.07) is 13.6. The van der Waals surface area contributed by atoms with Crippen molar-refractivity contribution in [3.05, 3.63) is 53.9 Å². The van der Waals surface area contributed by atoms with Gasteiger partial charge in [0.25, 0.3) is 0 Å². The lowest BCUT2D eigenvalue weighted by molar-refractivity contribution is 0.415. The van der Waals surface area contributed by atoms with E-state index in [0.29, 0.717) is 11.5 Å². The lowest BCUT2D eigenvalue weighted by Crippen LogP contribution is -2.38. The SMILES string of the molecule is CNC(CCc1ccnn1C)C1(c2ccccc2)CC1. The van der Waals surface area contributed by atoms with Crippen LogP contribution in [-0.2, 0) is 18.9 Å². The standard InChI is InChI=1S/C17H23N3/c1-18-16(9-8-15-10-13-19-20(15)2)17(11-12-17)14-6-4-3-5-7-14/h3-7,10,13,16,18H,8-9,11-12H2,1-2H3. The average Bonchev–Trinajstić information content (AvgIpc) is 3.19. The third-order valence-electron chi connectivity index (χ3n) is 4.76. The third-order valence-corrected chi connectivity index (χ3v) is 4.76. The first kappa shape index (κ1) is 13.4. The zero-order valence-electron chi connectivity index (χ0n) is 12.3. The molecule has 0 amide bonds. The molecule has 1 unspecified atom stereocenters. The number of aromatic nitrogens is 2. The highest BCUT2D eigenvalue weighted by Gasteiger charge is 2.49. The molecule has 0 saturated heterocycles. The lowest BCUT2D eigenvalue weighted by Gasteiger charge is -2.27. The molecule has 0 aliphatic heterocycles. The van der Waals surface area contributed by atoms with E-state index in [-0.39, 0.29) is 0 Å². The number of nitrogens with one attached hydrogen (secondary N) is 1. The molecule has 3 heteroatoms. The van der Waals surface area contributed by atoms with Crippen LogP contribution in [0.25, 0.3) is 0 Å². The fraction of sp³-hybridized carbons (Fsp3) is 0.471. The molecule has 1 saturated carbocycles. The second-order valence-electron chi connectivity index (χ2n) is 5.85. The van der Waals surface area contributed by atoms with Crippen LogP contribution in [0.3, 0.4) is 0 Å². The Morgan fingerprint density at radius 3 is 2.55 bits per heavy atom. The molecule has 106 valence electrons. The highest BCUT2D eigenvalue weighted by molar-refractivity contribution is 5.34. The largest absolute Gasteiger partial charge is 0.316 e. The Morgan fingerprint density at radius 2 is 2.00 bits per heavy atom. The zero-order valence-corrected chi connectivity index (χ0v) is 12.3. The van der Waals surface area contributed by atoms with Crippen molar-refractivity contribution in [1.82, 2.24) is 15.1 Å². The minimum Gasteiger partial charge on any atom is -0.316 e. The van der Waals surface area contributed by atoms with Gasteiger partial charge in [-0.1, -0.05) is 30.3 Å². The van der Waals surface area contributed by atoms with E-state index in [1.54, 1.807) is 0 Å². The second kappa shape index (κ2) is 5.41. The van der Waals surface area contributed by atoms with Crippen molar-refractivity contribution in [2.24, 2.45) is 7.05 Å². The summed E-state index contributed by atoms with van der Waals surface area (Å²) < 4.78 is 1.98. The first-order chi connectivity index (χ1) is 9.76. The molecule has 2 aromatic rings. The van der Waals surface area contributed by atoms with Crippen LogP contribution in [0.4, 0.5) is 0 Å². The highest BCUT2D eigenvalue weighted by Crippen LogP contribution is 2.51. The fourth-order valence-corrected chi connectivity index (χ4v) is 3.38. The number of nitrogens with zero attached hydrogens (tertiary/aromatic N) is 2. The van der Waals surface area contributed by atoms with Gasteiger partial charge in [0.2, 0.25) is 0 Å². The molecule has 3 nitrogen and oxygen atoms in total. The Balaban J connectivity index is 1.72. The van der Waals surface area contributed by atoms with Crippen molar-refractivity contribution >= 4 is 0 Å². The monoisotopic (exact) mass is 269 g/mol. The summed E-state index contributed by atoms with van der Waals surface area (Å²) in [4.78, 5) is 0.